The first-order valence-corrected chi connectivity index (χ1v) is 9.62. The molecule has 5 nitrogen and oxygen atoms in total. The van der Waals surface area contributed by atoms with Crippen molar-refractivity contribution in [1.29, 1.82) is 5.26 Å². The van der Waals surface area contributed by atoms with E-state index in [4.69, 9.17) is 9.84 Å². The maximum Gasteiger partial charge on any atom is 0.178 e. The molecule has 2 aliphatic carbocycles. The minimum Gasteiger partial charge on any atom is -0.497 e. The van der Waals surface area contributed by atoms with E-state index in [0.29, 0.717) is 0 Å². The van der Waals surface area contributed by atoms with Crippen LogP contribution in [0.2, 0.25) is 0 Å². The Kier molecular flexibility index (Phi) is 4.01. The highest BCUT2D eigenvalue weighted by atomic mass is 16.5. The second-order valence-electron chi connectivity index (χ2n) is 8.62. The lowest BCUT2D eigenvalue weighted by atomic mass is 9.52. The molecule has 2 atom stereocenters. The Hall–Kier alpha value is -2.87. The number of carbonyl (C=O) groups excluding carboxylic acids is 1. The molecule has 0 amide bonds. The van der Waals surface area contributed by atoms with Crippen LogP contribution in [0, 0.1) is 22.7 Å². The number of aromatic nitrogens is 2. The topological polar surface area (TPSA) is 67.9 Å². The number of aryl methyl sites for hydroxylation is 1. The van der Waals surface area contributed by atoms with Crippen molar-refractivity contribution in [3.63, 3.8) is 0 Å². The van der Waals surface area contributed by atoms with Crippen molar-refractivity contribution >= 4 is 5.78 Å². The van der Waals surface area contributed by atoms with Crippen LogP contribution in [0.15, 0.2) is 35.9 Å². The number of benzene rings is 1. The highest BCUT2D eigenvalue weighted by Gasteiger charge is 2.55. The van der Waals surface area contributed by atoms with Gasteiger partial charge in [0, 0.05) is 29.0 Å². The molecule has 4 rings (SSSR count). The number of ketones is 1. The molecule has 28 heavy (non-hydrogen) atoms. The summed E-state index contributed by atoms with van der Waals surface area (Å²) in [5.41, 5.74) is 3.64. The maximum atomic E-state index is 12.8. The Morgan fingerprint density at radius 2 is 1.93 bits per heavy atom. The number of fused-ring (bicyclic) bond motifs is 3. The van der Waals surface area contributed by atoms with E-state index in [-0.39, 0.29) is 17.3 Å². The van der Waals surface area contributed by atoms with Crippen molar-refractivity contribution in [2.24, 2.45) is 18.4 Å². The Balaban J connectivity index is 1.91. The smallest absolute Gasteiger partial charge is 0.178 e. The van der Waals surface area contributed by atoms with Gasteiger partial charge in [-0.05, 0) is 43.0 Å². The van der Waals surface area contributed by atoms with Gasteiger partial charge in [0.05, 0.1) is 24.1 Å². The third-order valence-corrected chi connectivity index (χ3v) is 6.69. The molecule has 1 aromatic carbocycles. The van der Waals surface area contributed by atoms with Gasteiger partial charge in [-0.2, -0.15) is 10.4 Å². The third kappa shape index (κ3) is 2.37. The zero-order chi connectivity index (χ0) is 20.3. The summed E-state index contributed by atoms with van der Waals surface area (Å²) < 4.78 is 7.21. The summed E-state index contributed by atoms with van der Waals surface area (Å²) in [6.07, 6.45) is 3.64. The van der Waals surface area contributed by atoms with E-state index in [1.54, 1.807) is 7.11 Å². The monoisotopic (exact) mass is 375 g/mol. The largest absolute Gasteiger partial charge is 0.497 e. The minimum atomic E-state index is -0.579. The molecule has 0 N–H and O–H groups in total. The number of allylic oxidation sites excluding steroid dienone is 2. The second kappa shape index (κ2) is 6.07. The van der Waals surface area contributed by atoms with E-state index in [2.05, 4.69) is 25.1 Å². The fourth-order valence-electron chi connectivity index (χ4n) is 5.33. The van der Waals surface area contributed by atoms with Crippen molar-refractivity contribution < 1.29 is 9.53 Å². The molecular formula is C23H25N3O2. The van der Waals surface area contributed by atoms with Crippen molar-refractivity contribution in [3.8, 4) is 23.1 Å². The van der Waals surface area contributed by atoms with Crippen LogP contribution < -0.4 is 4.74 Å². The van der Waals surface area contributed by atoms with Crippen LogP contribution in [-0.4, -0.2) is 22.7 Å². The van der Waals surface area contributed by atoms with Crippen molar-refractivity contribution in [2.45, 2.75) is 39.0 Å². The zero-order valence-corrected chi connectivity index (χ0v) is 17.0. The predicted octanol–water partition coefficient (Wildman–Crippen LogP) is 3.97. The summed E-state index contributed by atoms with van der Waals surface area (Å²) in [5.74, 6) is 0.893. The lowest BCUT2D eigenvalue weighted by Gasteiger charge is -2.49. The molecule has 0 aliphatic heterocycles. The summed E-state index contributed by atoms with van der Waals surface area (Å²) in [4.78, 5) is 12.8. The molecule has 2 aliphatic rings. The fraction of sp³-hybridized carbons (Fsp3) is 0.435. The van der Waals surface area contributed by atoms with Gasteiger partial charge in [0.25, 0.3) is 0 Å². The highest BCUT2D eigenvalue weighted by Crippen LogP contribution is 2.55. The summed E-state index contributed by atoms with van der Waals surface area (Å²) in [5, 5.41) is 14.5. The zero-order valence-electron chi connectivity index (χ0n) is 17.0. The Morgan fingerprint density at radius 3 is 2.54 bits per heavy atom. The standard InChI is InChI=1S/C23H25N3O2/c1-22(2)18-11-10-17-19(14-6-8-16(28-5)9-7-14)26(4)25-20(17)23(18,3)12-15(13-24)21(22)27/h6-9,12,18H,10-11H2,1-5H3/t18-,23-/m0/s1. The van der Waals surface area contributed by atoms with Crippen LogP contribution >= 0.6 is 0 Å². The molecular weight excluding hydrogens is 350 g/mol. The average molecular weight is 375 g/mol. The van der Waals surface area contributed by atoms with Crippen LogP contribution in [0.4, 0.5) is 0 Å². The normalized spacial score (nSPS) is 25.4. The van der Waals surface area contributed by atoms with Gasteiger partial charge >= 0.3 is 0 Å². The van der Waals surface area contributed by atoms with Gasteiger partial charge in [0.1, 0.15) is 11.8 Å². The average Bonchev–Trinajstić information content (AvgIpc) is 3.02. The first kappa shape index (κ1) is 18.5. The van der Waals surface area contributed by atoms with Gasteiger partial charge in [0.2, 0.25) is 0 Å². The van der Waals surface area contributed by atoms with E-state index < -0.39 is 10.8 Å². The molecule has 1 heterocycles. The quantitative estimate of drug-likeness (QED) is 0.796. The van der Waals surface area contributed by atoms with Crippen LogP contribution in [0.25, 0.3) is 11.3 Å². The van der Waals surface area contributed by atoms with Crippen LogP contribution in [0.5, 0.6) is 5.75 Å². The molecule has 0 radical (unpaired) electrons. The molecule has 0 saturated carbocycles. The van der Waals surface area contributed by atoms with Crippen LogP contribution in [-0.2, 0) is 23.7 Å². The fourth-order valence-corrected chi connectivity index (χ4v) is 5.33. The highest BCUT2D eigenvalue weighted by molar-refractivity contribution is 6.04. The van der Waals surface area contributed by atoms with E-state index in [0.717, 1.165) is 35.5 Å². The number of methoxy groups -OCH3 is 1. The van der Waals surface area contributed by atoms with E-state index in [1.807, 2.05) is 43.8 Å². The van der Waals surface area contributed by atoms with Crippen molar-refractivity contribution in [1.82, 2.24) is 9.78 Å². The van der Waals surface area contributed by atoms with E-state index in [9.17, 15) is 10.1 Å². The van der Waals surface area contributed by atoms with Gasteiger partial charge in [-0.25, -0.2) is 0 Å². The summed E-state index contributed by atoms with van der Waals surface area (Å²) in [6.45, 7) is 6.08. The molecule has 5 heteroatoms. The number of ether oxygens (including phenoxy) is 1. The summed E-state index contributed by atoms with van der Waals surface area (Å²) in [7, 11) is 3.62. The van der Waals surface area contributed by atoms with Crippen LogP contribution in [0.3, 0.4) is 0 Å². The first-order chi connectivity index (χ1) is 13.2. The van der Waals surface area contributed by atoms with Gasteiger partial charge in [-0.1, -0.05) is 26.8 Å². The molecule has 0 fully saturated rings. The Morgan fingerprint density at radius 1 is 1.25 bits per heavy atom. The first-order valence-electron chi connectivity index (χ1n) is 9.62. The van der Waals surface area contributed by atoms with Crippen LogP contribution in [0.1, 0.15) is 38.4 Å². The lowest BCUT2D eigenvalue weighted by Crippen LogP contribution is -2.51. The minimum absolute atomic E-state index is 0.0489. The maximum absolute atomic E-state index is 12.8. The third-order valence-electron chi connectivity index (χ3n) is 6.69. The Labute approximate surface area is 165 Å². The summed E-state index contributed by atoms with van der Waals surface area (Å²) in [6, 6.07) is 10.1. The van der Waals surface area contributed by atoms with Crippen molar-refractivity contribution in [3.05, 3.63) is 47.2 Å². The van der Waals surface area contributed by atoms with E-state index >= 15 is 0 Å². The molecule has 0 spiro atoms. The number of hydrogen-bond donors (Lipinski definition) is 0. The lowest BCUT2D eigenvalue weighted by molar-refractivity contribution is -0.128. The molecule has 0 unspecified atom stereocenters. The number of carbonyl (C=O) groups is 1. The molecule has 1 aromatic heterocycles. The molecule has 0 bridgehead atoms. The molecule has 144 valence electrons. The van der Waals surface area contributed by atoms with E-state index in [1.165, 1.54) is 5.56 Å². The van der Waals surface area contributed by atoms with Gasteiger partial charge in [0.15, 0.2) is 5.78 Å². The second-order valence-corrected chi connectivity index (χ2v) is 8.62. The summed E-state index contributed by atoms with van der Waals surface area (Å²) >= 11 is 0. The number of Topliss-reactive ketones (excluding diaryl/α,β-unsaturated/α-hetero) is 1. The molecule has 2 aromatic rings. The Bertz CT molecular complexity index is 1040. The van der Waals surface area contributed by atoms with Gasteiger partial charge < -0.3 is 4.74 Å². The van der Waals surface area contributed by atoms with Crippen molar-refractivity contribution in [2.75, 3.05) is 7.11 Å². The molecule has 0 saturated heterocycles. The van der Waals surface area contributed by atoms with Gasteiger partial charge in [-0.15, -0.1) is 0 Å². The predicted molar refractivity (Wildman–Crippen MR) is 107 cm³/mol. The van der Waals surface area contributed by atoms with Gasteiger partial charge in [-0.3, -0.25) is 9.48 Å². The number of nitriles is 1. The number of hydrogen-bond acceptors (Lipinski definition) is 4. The number of rotatable bonds is 2. The number of nitrogens with zero attached hydrogens (tertiary/aromatic N) is 3. The SMILES string of the molecule is COc1ccc(-c2c3c(nn2C)[C@@]2(C)C=C(C#N)C(=O)C(C)(C)[C@@H]2CC3)cc1.